The molecule has 400 valence electrons. The second kappa shape index (κ2) is 24.6. The third-order valence-corrected chi connectivity index (χ3v) is 14.3. The Kier molecular flexibility index (Phi) is 16.6. The molecule has 4 N–H and O–H groups in total. The van der Waals surface area contributed by atoms with Gasteiger partial charge in [-0.05, 0) is 109 Å². The number of carbonyl (C=O) groups excluding carboxylic acids is 2. The number of carbonyl (C=O) groups is 2. The van der Waals surface area contributed by atoms with E-state index in [0.29, 0.717) is 46.5 Å². The van der Waals surface area contributed by atoms with Gasteiger partial charge in [-0.3, -0.25) is 28.9 Å². The first-order chi connectivity index (χ1) is 38.4. The van der Waals surface area contributed by atoms with Gasteiger partial charge in [0.1, 0.15) is 11.6 Å². The van der Waals surface area contributed by atoms with Crippen molar-refractivity contribution in [3.63, 3.8) is 0 Å². The number of ketones is 1. The van der Waals surface area contributed by atoms with Crippen molar-refractivity contribution in [1.82, 2.24) is 49.5 Å². The molecule has 10 aromatic rings. The minimum absolute atomic E-state index is 0.0578. The second-order valence-corrected chi connectivity index (χ2v) is 19.8. The fourth-order valence-electron chi connectivity index (χ4n) is 8.92. The number of rotatable bonds is 11. The standard InChI is InChI=1S/C30H29N7O2.C18H19BrN2O2.C11H10N6/c1-20-5-8-22(27(38)16-21-6-9-24(10-7-21)37-12-14-39-15-13-37)17-26(20)33-29-25-19-32-36(2)30(25)35-28(34-29)23-4-3-11-31-18-23;1-13-2-3-14(12-17(13)19)18(22)20-15-4-6-16(7-5-15)21-8-10-23-11-9-21;1-17-11-8(6-14-17)9(12)15-10(16-11)7-3-2-4-13-5-7/h3-11,17-19H,12-16H2,1-2H3,(H,33,34,35);2-7,12H,8-11H2,1H3,(H,20,22);2-6H,1H3,(H2,12,15,16). The SMILES string of the molecule is Cc1ccc(C(=O)Cc2ccc(N3CCOCC3)cc2)cc1Nc1nc(-c2cccnc2)nc2c1cnn2C.Cc1ccc(C(=O)Nc2ccc(N3CCOCC3)cc2)cc1Br.Cn1ncc2c(N)nc(-c3cccnc3)nc21. The molecule has 0 saturated carbocycles. The average molecular weight is 1120 g/mol. The molecule has 1 amide bonds. The number of amides is 1. The van der Waals surface area contributed by atoms with Crippen LogP contribution < -0.4 is 26.2 Å². The second-order valence-electron chi connectivity index (χ2n) is 18.9. The molecular weight excluding hydrogens is 1060 g/mol. The quantitative estimate of drug-likeness (QED) is 0.103. The van der Waals surface area contributed by atoms with E-state index < -0.39 is 0 Å². The first-order valence-electron chi connectivity index (χ1n) is 25.7. The van der Waals surface area contributed by atoms with Crippen LogP contribution in [0.4, 0.5) is 34.4 Å². The lowest BCUT2D eigenvalue weighted by Gasteiger charge is -2.28. The summed E-state index contributed by atoms with van der Waals surface area (Å²) < 4.78 is 15.1. The molecule has 0 aliphatic carbocycles. The Bertz CT molecular complexity index is 3730. The number of Topliss-reactive ketones (excluding diaryl/α,β-unsaturated/α-hetero) is 1. The van der Waals surface area contributed by atoms with Gasteiger partial charge >= 0.3 is 0 Å². The predicted molar refractivity (Wildman–Crippen MR) is 312 cm³/mol. The van der Waals surface area contributed by atoms with E-state index in [4.69, 9.17) is 25.2 Å². The Morgan fingerprint density at radius 2 is 1.16 bits per heavy atom. The molecule has 2 aliphatic heterocycles. The summed E-state index contributed by atoms with van der Waals surface area (Å²) in [6.07, 6.45) is 10.6. The Morgan fingerprint density at radius 3 is 1.75 bits per heavy atom. The molecule has 2 aliphatic rings. The van der Waals surface area contributed by atoms with Crippen LogP contribution in [0.3, 0.4) is 0 Å². The monoisotopic (exact) mass is 1120 g/mol. The molecule has 19 nitrogen and oxygen atoms in total. The molecule has 12 rings (SSSR count). The van der Waals surface area contributed by atoms with E-state index in [9.17, 15) is 9.59 Å². The van der Waals surface area contributed by atoms with Crippen molar-refractivity contribution < 1.29 is 19.1 Å². The molecule has 20 heteroatoms. The van der Waals surface area contributed by atoms with Gasteiger partial charge in [-0.1, -0.05) is 46.3 Å². The van der Waals surface area contributed by atoms with Crippen LogP contribution in [0.5, 0.6) is 0 Å². The average Bonchev–Trinajstić information content (AvgIpc) is 4.22. The number of nitrogens with two attached hydrogens (primary N) is 1. The van der Waals surface area contributed by atoms with Crippen molar-refractivity contribution in [2.45, 2.75) is 20.3 Å². The Balaban J connectivity index is 0.000000148. The van der Waals surface area contributed by atoms with E-state index in [1.54, 1.807) is 46.5 Å². The Morgan fingerprint density at radius 1 is 0.620 bits per heavy atom. The fourth-order valence-corrected chi connectivity index (χ4v) is 9.29. The normalized spacial score (nSPS) is 13.3. The predicted octanol–water partition coefficient (Wildman–Crippen LogP) is 9.59. The number of hydrogen-bond donors (Lipinski definition) is 3. The number of halogens is 1. The molecule has 6 aromatic heterocycles. The summed E-state index contributed by atoms with van der Waals surface area (Å²) in [7, 11) is 3.67. The molecule has 0 unspecified atom stereocenters. The lowest BCUT2D eigenvalue weighted by atomic mass is 10.0. The maximum Gasteiger partial charge on any atom is 0.255 e. The zero-order chi connectivity index (χ0) is 54.8. The van der Waals surface area contributed by atoms with Gasteiger partial charge in [0, 0.05) is 121 Å². The number of nitrogens with one attached hydrogen (secondary N) is 2. The number of nitrogens with zero attached hydrogens (tertiary/aromatic N) is 12. The van der Waals surface area contributed by atoms with E-state index in [1.807, 2.05) is 125 Å². The van der Waals surface area contributed by atoms with Crippen molar-refractivity contribution in [3.8, 4) is 22.8 Å². The van der Waals surface area contributed by atoms with Crippen molar-refractivity contribution in [1.29, 1.82) is 0 Å². The maximum absolute atomic E-state index is 13.3. The molecule has 2 fully saturated rings. The van der Waals surface area contributed by atoms with Crippen LogP contribution in [0.15, 0.2) is 151 Å². The van der Waals surface area contributed by atoms with Crippen molar-refractivity contribution >= 4 is 84.1 Å². The number of aromatic nitrogens is 10. The van der Waals surface area contributed by atoms with Gasteiger partial charge in [0.15, 0.2) is 28.7 Å². The van der Waals surface area contributed by atoms with E-state index in [-0.39, 0.29) is 11.7 Å². The van der Waals surface area contributed by atoms with Crippen LogP contribution in [0.1, 0.15) is 37.4 Å². The highest BCUT2D eigenvalue weighted by atomic mass is 79.9. The zero-order valence-corrected chi connectivity index (χ0v) is 45.8. The molecular formula is C59H58BrN15O4. The minimum atomic E-state index is -0.107. The van der Waals surface area contributed by atoms with Crippen molar-refractivity contribution in [2.75, 3.05) is 78.8 Å². The van der Waals surface area contributed by atoms with Gasteiger partial charge < -0.3 is 35.6 Å². The maximum atomic E-state index is 13.3. The highest BCUT2D eigenvalue weighted by molar-refractivity contribution is 9.10. The fraction of sp³-hybridized carbons (Fsp3) is 0.220. The first-order valence-corrected chi connectivity index (χ1v) is 26.5. The third-order valence-electron chi connectivity index (χ3n) is 13.5. The van der Waals surface area contributed by atoms with Gasteiger partial charge in [-0.2, -0.15) is 10.2 Å². The summed E-state index contributed by atoms with van der Waals surface area (Å²) in [5.74, 6) is 2.12. The van der Waals surface area contributed by atoms with E-state index in [1.165, 1.54) is 0 Å². The summed E-state index contributed by atoms with van der Waals surface area (Å²) in [4.78, 5) is 56.6. The molecule has 0 spiro atoms. The first kappa shape index (κ1) is 53.4. The van der Waals surface area contributed by atoms with Crippen molar-refractivity contribution in [2.24, 2.45) is 14.1 Å². The molecule has 2 saturated heterocycles. The number of pyridine rings is 2. The number of ether oxygens (including phenoxy) is 2. The Labute approximate surface area is 465 Å². The molecule has 0 radical (unpaired) electrons. The van der Waals surface area contributed by atoms with Crippen LogP contribution in [-0.2, 0) is 30.0 Å². The van der Waals surface area contributed by atoms with Crippen LogP contribution >= 0.6 is 15.9 Å². The van der Waals surface area contributed by atoms with Gasteiger partial charge in [-0.15, -0.1) is 0 Å². The van der Waals surface area contributed by atoms with Crippen molar-refractivity contribution in [3.05, 3.63) is 179 Å². The lowest BCUT2D eigenvalue weighted by molar-refractivity contribution is 0.0991. The molecule has 0 bridgehead atoms. The van der Waals surface area contributed by atoms with Crippen LogP contribution in [-0.4, -0.2) is 114 Å². The number of hydrogen-bond acceptors (Lipinski definition) is 16. The minimum Gasteiger partial charge on any atom is -0.383 e. The number of aryl methyl sites for hydroxylation is 4. The molecule has 0 atom stereocenters. The summed E-state index contributed by atoms with van der Waals surface area (Å²) in [6, 6.07) is 35.0. The molecule has 8 heterocycles. The summed E-state index contributed by atoms with van der Waals surface area (Å²) in [5.41, 5.74) is 17.3. The number of anilines is 6. The van der Waals surface area contributed by atoms with Gasteiger partial charge in [0.05, 0.1) is 49.6 Å². The summed E-state index contributed by atoms with van der Waals surface area (Å²) >= 11 is 3.46. The number of morpholine rings is 2. The number of fused-ring (bicyclic) bond motifs is 2. The highest BCUT2D eigenvalue weighted by Crippen LogP contribution is 2.30. The van der Waals surface area contributed by atoms with Crippen LogP contribution in [0, 0.1) is 13.8 Å². The van der Waals surface area contributed by atoms with E-state index in [2.05, 4.69) is 78.6 Å². The van der Waals surface area contributed by atoms with Crippen LogP contribution in [0.2, 0.25) is 0 Å². The van der Waals surface area contributed by atoms with Gasteiger partial charge in [0.2, 0.25) is 0 Å². The number of benzene rings is 4. The third kappa shape index (κ3) is 12.9. The number of nitrogen functional groups attached to an aromatic ring is 1. The largest absolute Gasteiger partial charge is 0.383 e. The Hall–Kier alpha value is -8.98. The molecule has 79 heavy (non-hydrogen) atoms. The smallest absolute Gasteiger partial charge is 0.255 e. The summed E-state index contributed by atoms with van der Waals surface area (Å²) in [5, 5.41) is 16.4. The topological polar surface area (TPSA) is 222 Å². The molecule has 4 aromatic carbocycles. The highest BCUT2D eigenvalue weighted by Gasteiger charge is 2.18. The van der Waals surface area contributed by atoms with Gasteiger partial charge in [0.25, 0.3) is 5.91 Å². The van der Waals surface area contributed by atoms with E-state index >= 15 is 0 Å². The zero-order valence-electron chi connectivity index (χ0n) is 44.2. The van der Waals surface area contributed by atoms with Crippen LogP contribution in [0.25, 0.3) is 44.8 Å². The van der Waals surface area contributed by atoms with E-state index in [0.717, 1.165) is 124 Å². The lowest BCUT2D eigenvalue weighted by Crippen LogP contribution is -2.36. The van der Waals surface area contributed by atoms with Gasteiger partial charge in [-0.25, -0.2) is 19.9 Å². The summed E-state index contributed by atoms with van der Waals surface area (Å²) in [6.45, 7) is 10.6.